The third-order valence-corrected chi connectivity index (χ3v) is 9.10. The van der Waals surface area contributed by atoms with E-state index in [-0.39, 0.29) is 12.0 Å². The summed E-state index contributed by atoms with van der Waals surface area (Å²) in [7, 11) is 0. The Morgan fingerprint density at radius 1 is 1.03 bits per heavy atom. The number of carbonyl (C=O) groups excluding carboxylic acids is 1. The lowest BCUT2D eigenvalue weighted by atomic mass is 9.95. The number of amides is 1. The second kappa shape index (κ2) is 10.8. The van der Waals surface area contributed by atoms with Crippen molar-refractivity contribution >= 4 is 29.1 Å². The van der Waals surface area contributed by atoms with Gasteiger partial charge in [0.1, 0.15) is 11.5 Å². The molecule has 3 aliphatic heterocycles. The van der Waals surface area contributed by atoms with Crippen molar-refractivity contribution < 1.29 is 14.3 Å². The van der Waals surface area contributed by atoms with E-state index in [2.05, 4.69) is 4.90 Å². The van der Waals surface area contributed by atoms with Crippen LogP contribution in [0, 0.1) is 6.92 Å². The number of morpholine rings is 1. The molecule has 2 aromatic rings. The smallest absolute Gasteiger partial charge is 0.272 e. The molecule has 1 aromatic heterocycles. The second-order valence-corrected chi connectivity index (χ2v) is 11.6. The van der Waals surface area contributed by atoms with Crippen LogP contribution >= 0.6 is 23.2 Å². The van der Waals surface area contributed by atoms with Crippen molar-refractivity contribution in [3.8, 4) is 0 Å². The average Bonchev–Trinajstić information content (AvgIpc) is 3.77. The van der Waals surface area contributed by atoms with Gasteiger partial charge in [-0.3, -0.25) is 9.69 Å². The van der Waals surface area contributed by atoms with Crippen LogP contribution < -0.4 is 0 Å². The topological polar surface area (TPSA) is 67.8 Å². The molecule has 0 unspecified atom stereocenters. The third kappa shape index (κ3) is 5.39. The number of rotatable bonds is 5. The summed E-state index contributed by atoms with van der Waals surface area (Å²) in [6.45, 7) is 6.70. The van der Waals surface area contributed by atoms with Crippen molar-refractivity contribution in [3.05, 3.63) is 56.6 Å². The molecular weight excluding hydrogens is 511 g/mol. The number of halogens is 2. The summed E-state index contributed by atoms with van der Waals surface area (Å²) >= 11 is 12.4. The van der Waals surface area contributed by atoms with Crippen LogP contribution in [-0.2, 0) is 15.9 Å². The number of hydrogen-bond acceptors (Lipinski definition) is 6. The lowest BCUT2D eigenvalue weighted by molar-refractivity contribution is -0.148. The maximum absolute atomic E-state index is 13.8. The Kier molecular flexibility index (Phi) is 7.43. The van der Waals surface area contributed by atoms with Gasteiger partial charge in [0, 0.05) is 56.2 Å². The molecule has 198 valence electrons. The summed E-state index contributed by atoms with van der Waals surface area (Å²) in [6.07, 6.45) is 5.92. The minimum Gasteiger partial charge on any atom is -0.379 e. The molecule has 1 aromatic carbocycles. The summed E-state index contributed by atoms with van der Waals surface area (Å²) in [4.78, 5) is 28.1. The molecule has 0 N–H and O–H groups in total. The molecule has 1 aliphatic carbocycles. The molecule has 7 nitrogen and oxygen atoms in total. The van der Waals surface area contributed by atoms with E-state index in [4.69, 9.17) is 42.6 Å². The van der Waals surface area contributed by atoms with Gasteiger partial charge in [-0.25, -0.2) is 9.97 Å². The van der Waals surface area contributed by atoms with E-state index in [0.29, 0.717) is 46.8 Å². The van der Waals surface area contributed by atoms with Crippen LogP contribution in [0.5, 0.6) is 0 Å². The Labute approximate surface area is 228 Å². The first-order valence-corrected chi connectivity index (χ1v) is 14.3. The monoisotopic (exact) mass is 544 g/mol. The summed E-state index contributed by atoms with van der Waals surface area (Å²) in [5, 5.41) is 1.06. The number of carbonyl (C=O) groups is 1. The van der Waals surface area contributed by atoms with Gasteiger partial charge in [0.05, 0.1) is 35.1 Å². The zero-order valence-electron chi connectivity index (χ0n) is 21.3. The standard InChI is InChI=1S/C28H34Cl2N4O3/c1-17-23(15-18-2-5-21(29)22(30)14-18)31-27(19-3-4-19)32-26(17)28(35)33-9-6-20(7-10-33)34-11-13-37-25-16-36-12-8-24(25)34/h2,5,14,19-20,24-25H,3-4,6-13,15-16H2,1H3/t24-,25+/m0/s1. The lowest BCUT2D eigenvalue weighted by Crippen LogP contribution is -2.60. The number of fused-ring (bicyclic) bond motifs is 1. The maximum Gasteiger partial charge on any atom is 0.272 e. The molecule has 1 amide bonds. The largest absolute Gasteiger partial charge is 0.379 e. The first kappa shape index (κ1) is 25.5. The van der Waals surface area contributed by atoms with Crippen LogP contribution in [0.15, 0.2) is 18.2 Å². The van der Waals surface area contributed by atoms with Gasteiger partial charge in [0.25, 0.3) is 5.91 Å². The summed E-state index contributed by atoms with van der Waals surface area (Å²) in [5.74, 6) is 1.19. The fraction of sp³-hybridized carbons (Fsp3) is 0.607. The number of benzene rings is 1. The Hall–Kier alpha value is -1.77. The van der Waals surface area contributed by atoms with Gasteiger partial charge in [0.2, 0.25) is 0 Å². The minimum atomic E-state index is 0.0292. The highest BCUT2D eigenvalue weighted by molar-refractivity contribution is 6.42. The summed E-state index contributed by atoms with van der Waals surface area (Å²) in [6, 6.07) is 6.57. The fourth-order valence-electron chi connectivity index (χ4n) is 6.05. The average molecular weight is 546 g/mol. The Morgan fingerprint density at radius 3 is 2.59 bits per heavy atom. The maximum atomic E-state index is 13.8. The van der Waals surface area contributed by atoms with E-state index in [1.807, 2.05) is 30.0 Å². The van der Waals surface area contributed by atoms with Crippen LogP contribution in [0.1, 0.15) is 71.2 Å². The Morgan fingerprint density at radius 2 is 1.84 bits per heavy atom. The Bertz CT molecular complexity index is 1160. The minimum absolute atomic E-state index is 0.0292. The van der Waals surface area contributed by atoms with E-state index in [0.717, 1.165) is 87.6 Å². The number of piperidine rings is 1. The molecule has 9 heteroatoms. The third-order valence-electron chi connectivity index (χ3n) is 8.36. The van der Waals surface area contributed by atoms with Crippen LogP contribution in [0.4, 0.5) is 0 Å². The van der Waals surface area contributed by atoms with E-state index in [9.17, 15) is 4.79 Å². The number of likely N-dealkylation sites (tertiary alicyclic amines) is 1. The van der Waals surface area contributed by atoms with Crippen LogP contribution in [0.25, 0.3) is 0 Å². The normalized spacial score (nSPS) is 25.2. The first-order valence-electron chi connectivity index (χ1n) is 13.5. The number of aromatic nitrogens is 2. The molecular formula is C28H34Cl2N4O3. The van der Waals surface area contributed by atoms with E-state index in [1.165, 1.54) is 0 Å². The van der Waals surface area contributed by atoms with Crippen molar-refractivity contribution in [2.75, 3.05) is 39.5 Å². The molecule has 0 bridgehead atoms. The molecule has 0 radical (unpaired) electrons. The predicted octanol–water partition coefficient (Wildman–Crippen LogP) is 4.65. The Balaban J connectivity index is 1.18. The SMILES string of the molecule is Cc1c(Cc2ccc(Cl)c(Cl)c2)nc(C2CC2)nc1C(=O)N1CCC(N2CCO[C@@H]3COCC[C@@H]32)CC1. The van der Waals surface area contributed by atoms with Gasteiger partial charge in [0.15, 0.2) is 0 Å². The lowest BCUT2D eigenvalue weighted by Gasteiger charge is -2.49. The van der Waals surface area contributed by atoms with Crippen molar-refractivity contribution in [1.29, 1.82) is 0 Å². The number of nitrogens with zero attached hydrogens (tertiary/aromatic N) is 4. The van der Waals surface area contributed by atoms with Gasteiger partial charge in [-0.05, 0) is 56.7 Å². The van der Waals surface area contributed by atoms with Gasteiger partial charge in [-0.1, -0.05) is 29.3 Å². The summed E-state index contributed by atoms with van der Waals surface area (Å²) in [5.41, 5.74) is 3.34. The van der Waals surface area contributed by atoms with Gasteiger partial charge in [-0.2, -0.15) is 0 Å². The molecule has 4 heterocycles. The zero-order chi connectivity index (χ0) is 25.5. The van der Waals surface area contributed by atoms with Crippen molar-refractivity contribution in [3.63, 3.8) is 0 Å². The van der Waals surface area contributed by atoms with Crippen LogP contribution in [0.2, 0.25) is 10.0 Å². The van der Waals surface area contributed by atoms with Gasteiger partial charge >= 0.3 is 0 Å². The number of hydrogen-bond donors (Lipinski definition) is 0. The quantitative estimate of drug-likeness (QED) is 0.545. The fourth-order valence-corrected chi connectivity index (χ4v) is 6.37. The van der Waals surface area contributed by atoms with Crippen molar-refractivity contribution in [2.24, 2.45) is 0 Å². The van der Waals surface area contributed by atoms with Crippen LogP contribution in [0.3, 0.4) is 0 Å². The van der Waals surface area contributed by atoms with E-state index in [1.54, 1.807) is 0 Å². The molecule has 4 aliphatic rings. The van der Waals surface area contributed by atoms with Crippen molar-refractivity contribution in [2.45, 2.75) is 69.6 Å². The molecule has 0 spiro atoms. The van der Waals surface area contributed by atoms with Crippen LogP contribution in [-0.4, -0.2) is 83.3 Å². The molecule has 4 fully saturated rings. The highest BCUT2D eigenvalue weighted by atomic mass is 35.5. The molecule has 3 saturated heterocycles. The molecule has 37 heavy (non-hydrogen) atoms. The van der Waals surface area contributed by atoms with Gasteiger partial charge in [-0.15, -0.1) is 0 Å². The predicted molar refractivity (Wildman–Crippen MR) is 143 cm³/mol. The second-order valence-electron chi connectivity index (χ2n) is 10.8. The van der Waals surface area contributed by atoms with Gasteiger partial charge < -0.3 is 14.4 Å². The summed E-state index contributed by atoms with van der Waals surface area (Å²) < 4.78 is 11.6. The molecule has 1 saturated carbocycles. The number of ether oxygens (including phenoxy) is 2. The highest BCUT2D eigenvalue weighted by Gasteiger charge is 2.40. The van der Waals surface area contributed by atoms with E-state index < -0.39 is 0 Å². The highest BCUT2D eigenvalue weighted by Crippen LogP contribution is 2.39. The molecule has 6 rings (SSSR count). The first-order chi connectivity index (χ1) is 18.0. The van der Waals surface area contributed by atoms with E-state index >= 15 is 0 Å². The zero-order valence-corrected chi connectivity index (χ0v) is 22.8. The molecule has 2 atom stereocenters. The van der Waals surface area contributed by atoms with Crippen molar-refractivity contribution in [1.82, 2.24) is 19.8 Å².